The van der Waals surface area contributed by atoms with Crippen LogP contribution >= 0.6 is 7.80 Å². The van der Waals surface area contributed by atoms with Gasteiger partial charge in [0.15, 0.2) is 11.5 Å². The Labute approximate surface area is 153 Å². The summed E-state index contributed by atoms with van der Waals surface area (Å²) in [6.45, 7) is 5.36. The minimum atomic E-state index is -1.54. The maximum absolute atomic E-state index is 11.5. The van der Waals surface area contributed by atoms with Gasteiger partial charge in [-0.15, -0.1) is 0 Å². The molecule has 138 valence electrons. The van der Waals surface area contributed by atoms with Gasteiger partial charge in [-0.2, -0.15) is 9.97 Å². The van der Waals surface area contributed by atoms with Crippen molar-refractivity contribution in [3.8, 4) is 0 Å². The molecular weight excluding hydrogens is 347 g/mol. The number of anilines is 2. The van der Waals surface area contributed by atoms with Crippen LogP contribution in [-0.4, -0.2) is 32.7 Å². The first-order chi connectivity index (χ1) is 12.6. The number of aromatic nitrogens is 4. The van der Waals surface area contributed by atoms with Crippen molar-refractivity contribution >= 4 is 30.7 Å². The number of nitrogens with one attached hydrogen (secondary N) is 1. The molecule has 0 fully saturated rings. The van der Waals surface area contributed by atoms with E-state index in [-0.39, 0.29) is 0 Å². The first-order valence-electron chi connectivity index (χ1n) is 8.86. The molecule has 2 aromatic heterocycles. The summed E-state index contributed by atoms with van der Waals surface area (Å²) in [5, 5.41) is 3.22. The quantitative estimate of drug-likeness (QED) is 0.465. The van der Waals surface area contributed by atoms with Gasteiger partial charge in [-0.3, -0.25) is 0 Å². The highest BCUT2D eigenvalue weighted by molar-refractivity contribution is 7.42. The zero-order valence-corrected chi connectivity index (χ0v) is 16.2. The number of benzene rings is 1. The third-order valence-electron chi connectivity index (χ3n) is 4.10. The smallest absolute Gasteiger partial charge is 0.226 e. The summed E-state index contributed by atoms with van der Waals surface area (Å²) in [5.41, 5.74) is 9.58. The largest absolute Gasteiger partial charge is 0.382 e. The van der Waals surface area contributed by atoms with E-state index >= 15 is 0 Å². The summed E-state index contributed by atoms with van der Waals surface area (Å²) in [6, 6.07) is 8.14. The Morgan fingerprint density at radius 3 is 2.85 bits per heavy atom. The molecule has 2 heterocycles. The number of unbranched alkanes of at least 4 members (excludes halogenated alkanes) is 1. The molecule has 0 saturated heterocycles. The van der Waals surface area contributed by atoms with Crippen molar-refractivity contribution in [1.29, 1.82) is 0 Å². The van der Waals surface area contributed by atoms with Crippen molar-refractivity contribution < 1.29 is 4.57 Å². The number of rotatable bonds is 8. The molecule has 0 aliphatic heterocycles. The third kappa shape index (κ3) is 4.41. The summed E-state index contributed by atoms with van der Waals surface area (Å²) in [4.78, 5) is 13.2. The molecule has 0 radical (unpaired) electrons. The second-order valence-corrected chi connectivity index (χ2v) is 8.21. The van der Waals surface area contributed by atoms with Crippen LogP contribution in [0.4, 0.5) is 11.8 Å². The normalized spacial score (nSPS) is 12.4. The van der Waals surface area contributed by atoms with Crippen LogP contribution in [0.25, 0.3) is 11.2 Å². The number of fused-ring (bicyclic) bond motifs is 1. The second kappa shape index (κ2) is 8.32. The van der Waals surface area contributed by atoms with E-state index in [0.29, 0.717) is 35.6 Å². The Kier molecular flexibility index (Phi) is 5.89. The standard InChI is InChI=1S/C18H25N6OP/c1-3-4-8-20-18-22-16(19)15-17(23-18)24(12-21-15)10-13-6-5-7-14(9-13)11-26(2)25/h5-7,9,12,26H,3-4,8,10-11H2,1-2H3,(H3,19,20,22,23). The van der Waals surface area contributed by atoms with E-state index in [1.54, 1.807) is 13.0 Å². The fourth-order valence-corrected chi connectivity index (χ4v) is 3.65. The summed E-state index contributed by atoms with van der Waals surface area (Å²) >= 11 is 0. The highest BCUT2D eigenvalue weighted by atomic mass is 31.1. The van der Waals surface area contributed by atoms with E-state index in [4.69, 9.17) is 5.73 Å². The molecule has 0 saturated carbocycles. The Morgan fingerprint density at radius 1 is 1.27 bits per heavy atom. The zero-order valence-electron chi connectivity index (χ0n) is 15.2. The molecule has 3 N–H and O–H groups in total. The van der Waals surface area contributed by atoms with E-state index in [1.165, 1.54) is 0 Å². The monoisotopic (exact) mass is 372 g/mol. The lowest BCUT2D eigenvalue weighted by atomic mass is 10.1. The average Bonchev–Trinajstić information content (AvgIpc) is 2.98. The van der Waals surface area contributed by atoms with Crippen LogP contribution in [0, 0.1) is 0 Å². The van der Waals surface area contributed by atoms with Crippen molar-refractivity contribution in [3.05, 3.63) is 41.7 Å². The van der Waals surface area contributed by atoms with Gasteiger partial charge >= 0.3 is 0 Å². The first kappa shape index (κ1) is 18.4. The molecule has 7 nitrogen and oxygen atoms in total. The molecular formula is C18H25N6OP. The number of nitrogens with zero attached hydrogens (tertiary/aromatic N) is 4. The van der Waals surface area contributed by atoms with Crippen LogP contribution in [0.15, 0.2) is 30.6 Å². The molecule has 0 aliphatic carbocycles. The Morgan fingerprint density at radius 2 is 2.08 bits per heavy atom. The average molecular weight is 372 g/mol. The van der Waals surface area contributed by atoms with Gasteiger partial charge in [0.1, 0.15) is 5.52 Å². The molecule has 1 unspecified atom stereocenters. The second-order valence-electron chi connectivity index (χ2n) is 6.46. The zero-order chi connectivity index (χ0) is 18.5. The Bertz CT molecular complexity index is 923. The molecule has 26 heavy (non-hydrogen) atoms. The maximum Gasteiger partial charge on any atom is 0.226 e. The van der Waals surface area contributed by atoms with Gasteiger partial charge in [0.25, 0.3) is 0 Å². The number of nitrogens with two attached hydrogens (primary N) is 1. The van der Waals surface area contributed by atoms with Crippen LogP contribution in [0.1, 0.15) is 30.9 Å². The predicted molar refractivity (Wildman–Crippen MR) is 107 cm³/mol. The number of imidazole rings is 1. The summed E-state index contributed by atoms with van der Waals surface area (Å²) < 4.78 is 13.5. The Hall–Kier alpha value is -2.40. The van der Waals surface area contributed by atoms with Crippen LogP contribution in [0.3, 0.4) is 0 Å². The fraction of sp³-hybridized carbons (Fsp3) is 0.389. The number of hydrogen-bond acceptors (Lipinski definition) is 6. The van der Waals surface area contributed by atoms with Crippen LogP contribution < -0.4 is 11.1 Å². The van der Waals surface area contributed by atoms with Gasteiger partial charge in [-0.05, 0) is 24.2 Å². The minimum Gasteiger partial charge on any atom is -0.382 e. The lowest BCUT2D eigenvalue weighted by Crippen LogP contribution is -2.08. The molecule has 3 rings (SSSR count). The van der Waals surface area contributed by atoms with E-state index in [0.717, 1.165) is 30.5 Å². The van der Waals surface area contributed by atoms with Gasteiger partial charge in [0.2, 0.25) is 5.95 Å². The fourth-order valence-electron chi connectivity index (χ4n) is 2.86. The van der Waals surface area contributed by atoms with Gasteiger partial charge in [-0.25, -0.2) is 4.98 Å². The van der Waals surface area contributed by atoms with Gasteiger partial charge in [-0.1, -0.05) is 37.6 Å². The molecule has 3 aromatic rings. The van der Waals surface area contributed by atoms with Crippen molar-refractivity contribution in [3.63, 3.8) is 0 Å². The molecule has 8 heteroatoms. The van der Waals surface area contributed by atoms with Gasteiger partial charge < -0.3 is 20.2 Å². The number of hydrogen-bond donors (Lipinski definition) is 2. The molecule has 0 bridgehead atoms. The molecule has 0 amide bonds. The highest BCUT2D eigenvalue weighted by Crippen LogP contribution is 2.23. The lowest BCUT2D eigenvalue weighted by Gasteiger charge is -2.08. The van der Waals surface area contributed by atoms with Crippen LogP contribution in [-0.2, 0) is 17.3 Å². The molecule has 1 atom stereocenters. The van der Waals surface area contributed by atoms with Crippen molar-refractivity contribution in [1.82, 2.24) is 19.5 Å². The minimum absolute atomic E-state index is 0.381. The SMILES string of the molecule is CCCCNc1nc(N)c2ncn(Cc3cccc(C[PH](C)=O)c3)c2n1. The third-order valence-corrected chi connectivity index (χ3v) is 5.01. The molecule has 0 spiro atoms. The van der Waals surface area contributed by atoms with Crippen LogP contribution in [0.5, 0.6) is 0 Å². The highest BCUT2D eigenvalue weighted by Gasteiger charge is 2.12. The Balaban J connectivity index is 1.87. The lowest BCUT2D eigenvalue weighted by molar-refractivity contribution is 0.590. The van der Waals surface area contributed by atoms with E-state index in [9.17, 15) is 4.57 Å². The number of nitrogen functional groups attached to an aromatic ring is 1. The first-order valence-corrected chi connectivity index (χ1v) is 11.0. The van der Waals surface area contributed by atoms with Crippen molar-refractivity contribution in [2.24, 2.45) is 0 Å². The van der Waals surface area contributed by atoms with E-state index in [1.807, 2.05) is 22.8 Å². The van der Waals surface area contributed by atoms with Crippen molar-refractivity contribution in [2.75, 3.05) is 24.3 Å². The van der Waals surface area contributed by atoms with Gasteiger partial charge in [0, 0.05) is 12.7 Å². The summed E-state index contributed by atoms with van der Waals surface area (Å²) in [5.74, 6) is 0.912. The summed E-state index contributed by atoms with van der Waals surface area (Å²) in [7, 11) is -1.54. The van der Waals surface area contributed by atoms with E-state index in [2.05, 4.69) is 33.3 Å². The maximum atomic E-state index is 11.5. The predicted octanol–water partition coefficient (Wildman–Crippen LogP) is 3.36. The molecule has 0 aliphatic rings. The van der Waals surface area contributed by atoms with Crippen molar-refractivity contribution in [2.45, 2.75) is 32.5 Å². The summed E-state index contributed by atoms with van der Waals surface area (Å²) in [6.07, 6.45) is 4.52. The topological polar surface area (TPSA) is 98.7 Å². The molecule has 1 aromatic carbocycles. The van der Waals surface area contributed by atoms with E-state index < -0.39 is 7.80 Å². The van der Waals surface area contributed by atoms with Gasteiger partial charge in [0.05, 0.1) is 20.7 Å². The van der Waals surface area contributed by atoms with Crippen LogP contribution in [0.2, 0.25) is 0 Å².